The van der Waals surface area contributed by atoms with E-state index in [1.807, 2.05) is 45.0 Å². The van der Waals surface area contributed by atoms with E-state index in [1.54, 1.807) is 0 Å². The van der Waals surface area contributed by atoms with Gasteiger partial charge in [-0.05, 0) is 18.4 Å². The van der Waals surface area contributed by atoms with E-state index < -0.39 is 0 Å². The fraction of sp³-hybridized carbons (Fsp3) is 0.467. The summed E-state index contributed by atoms with van der Waals surface area (Å²) in [6.07, 6.45) is 0.228. The van der Waals surface area contributed by atoms with Crippen molar-refractivity contribution >= 4 is 5.91 Å². The van der Waals surface area contributed by atoms with Gasteiger partial charge in [-0.3, -0.25) is 4.79 Å². The van der Waals surface area contributed by atoms with Crippen molar-refractivity contribution in [3.8, 4) is 6.07 Å². The number of nitrogens with one attached hydrogen (secondary N) is 1. The van der Waals surface area contributed by atoms with Gasteiger partial charge in [0.25, 0.3) is 0 Å². The number of carbonyl (C=O) groups excluding carboxylic acids is 1. The Morgan fingerprint density at radius 3 is 2.44 bits per heavy atom. The predicted octanol–water partition coefficient (Wildman–Crippen LogP) is 2.76. The summed E-state index contributed by atoms with van der Waals surface area (Å²) < 4.78 is 0. The molecule has 0 fully saturated rings. The van der Waals surface area contributed by atoms with E-state index >= 15 is 0 Å². The van der Waals surface area contributed by atoms with Crippen molar-refractivity contribution in [2.24, 2.45) is 5.92 Å². The van der Waals surface area contributed by atoms with Crippen LogP contribution in [0.15, 0.2) is 24.3 Å². The van der Waals surface area contributed by atoms with E-state index in [9.17, 15) is 4.79 Å². The molecular weight excluding hydrogens is 224 g/mol. The third kappa shape index (κ3) is 4.58. The second-order valence-corrected chi connectivity index (χ2v) is 4.99. The molecule has 1 unspecified atom stereocenters. The predicted molar refractivity (Wildman–Crippen MR) is 72.0 cm³/mol. The number of hydrogen-bond acceptors (Lipinski definition) is 2. The lowest BCUT2D eigenvalue weighted by Gasteiger charge is -2.11. The zero-order valence-corrected chi connectivity index (χ0v) is 11.2. The van der Waals surface area contributed by atoms with Gasteiger partial charge in [0.1, 0.15) is 0 Å². The van der Waals surface area contributed by atoms with Crippen LogP contribution < -0.4 is 5.32 Å². The lowest BCUT2D eigenvalue weighted by atomic mass is 9.96. The summed E-state index contributed by atoms with van der Waals surface area (Å²) in [5.41, 5.74) is 2.06. The third-order valence-electron chi connectivity index (χ3n) is 2.73. The zero-order valence-electron chi connectivity index (χ0n) is 11.2. The van der Waals surface area contributed by atoms with E-state index in [4.69, 9.17) is 5.26 Å². The minimum absolute atomic E-state index is 0.0594. The Labute approximate surface area is 109 Å². The van der Waals surface area contributed by atoms with Crippen LogP contribution in [-0.2, 0) is 4.79 Å². The Morgan fingerprint density at radius 1 is 1.33 bits per heavy atom. The second-order valence-electron chi connectivity index (χ2n) is 4.99. The SMILES string of the molecule is Cc1ccc(C(C#N)CC(=O)NCC(C)C)cc1. The molecule has 1 amide bonds. The fourth-order valence-corrected chi connectivity index (χ4v) is 1.61. The second kappa shape index (κ2) is 6.80. The molecule has 1 aromatic carbocycles. The van der Waals surface area contributed by atoms with Crippen molar-refractivity contribution in [2.45, 2.75) is 33.1 Å². The number of nitriles is 1. The van der Waals surface area contributed by atoms with Crippen LogP contribution in [0.3, 0.4) is 0 Å². The van der Waals surface area contributed by atoms with Gasteiger partial charge in [-0.15, -0.1) is 0 Å². The van der Waals surface area contributed by atoms with Crippen LogP contribution in [-0.4, -0.2) is 12.5 Å². The van der Waals surface area contributed by atoms with E-state index in [0.717, 1.165) is 11.1 Å². The van der Waals surface area contributed by atoms with Crippen LogP contribution in [0.2, 0.25) is 0 Å². The number of aryl methyl sites for hydroxylation is 1. The van der Waals surface area contributed by atoms with Crippen molar-refractivity contribution in [3.05, 3.63) is 35.4 Å². The quantitative estimate of drug-likeness (QED) is 0.865. The maximum atomic E-state index is 11.7. The number of nitrogens with zero attached hydrogens (tertiary/aromatic N) is 1. The van der Waals surface area contributed by atoms with Gasteiger partial charge in [0.15, 0.2) is 0 Å². The molecule has 0 spiro atoms. The Kier molecular flexibility index (Phi) is 5.38. The van der Waals surface area contributed by atoms with Crippen LogP contribution in [0.1, 0.15) is 37.3 Å². The Morgan fingerprint density at radius 2 is 1.94 bits per heavy atom. The molecule has 0 aromatic heterocycles. The summed E-state index contributed by atoms with van der Waals surface area (Å²) in [7, 11) is 0. The highest BCUT2D eigenvalue weighted by Gasteiger charge is 2.15. The zero-order chi connectivity index (χ0) is 13.5. The van der Waals surface area contributed by atoms with Gasteiger partial charge in [-0.25, -0.2) is 0 Å². The van der Waals surface area contributed by atoms with Crippen LogP contribution in [0.5, 0.6) is 0 Å². The summed E-state index contributed by atoms with van der Waals surface area (Å²) in [5.74, 6) is 0.00227. The molecule has 0 saturated heterocycles. The molecule has 18 heavy (non-hydrogen) atoms. The first-order chi connectivity index (χ1) is 8.52. The average Bonchev–Trinajstić information content (AvgIpc) is 2.34. The summed E-state index contributed by atoms with van der Waals surface area (Å²) in [5, 5.41) is 12.0. The van der Waals surface area contributed by atoms with Gasteiger partial charge >= 0.3 is 0 Å². The van der Waals surface area contributed by atoms with Crippen molar-refractivity contribution in [3.63, 3.8) is 0 Å². The number of benzene rings is 1. The van der Waals surface area contributed by atoms with Crippen LogP contribution in [0, 0.1) is 24.2 Å². The molecule has 1 atom stereocenters. The van der Waals surface area contributed by atoms with E-state index in [0.29, 0.717) is 12.5 Å². The minimum Gasteiger partial charge on any atom is -0.356 e. The number of rotatable bonds is 5. The Hall–Kier alpha value is -1.82. The molecule has 0 radical (unpaired) electrons. The van der Waals surface area contributed by atoms with Gasteiger partial charge in [0, 0.05) is 13.0 Å². The summed E-state index contributed by atoms with van der Waals surface area (Å²) in [6.45, 7) is 6.75. The van der Waals surface area contributed by atoms with Crippen LogP contribution in [0.4, 0.5) is 0 Å². The van der Waals surface area contributed by atoms with Crippen LogP contribution in [0.25, 0.3) is 0 Å². The Balaban J connectivity index is 2.60. The number of hydrogen-bond donors (Lipinski definition) is 1. The van der Waals surface area contributed by atoms with Gasteiger partial charge in [0.2, 0.25) is 5.91 Å². The first-order valence-electron chi connectivity index (χ1n) is 6.25. The van der Waals surface area contributed by atoms with E-state index in [2.05, 4.69) is 11.4 Å². The molecular formula is C15H20N2O. The molecule has 0 heterocycles. The van der Waals surface area contributed by atoms with Crippen molar-refractivity contribution in [1.29, 1.82) is 5.26 Å². The summed E-state index contributed by atoms with van der Waals surface area (Å²) in [4.78, 5) is 11.7. The van der Waals surface area contributed by atoms with Gasteiger partial charge in [-0.1, -0.05) is 43.7 Å². The maximum absolute atomic E-state index is 11.7. The molecule has 3 heteroatoms. The summed E-state index contributed by atoms with van der Waals surface area (Å²) >= 11 is 0. The molecule has 0 bridgehead atoms. The minimum atomic E-state index is -0.363. The Bertz CT molecular complexity index is 429. The number of carbonyl (C=O) groups is 1. The molecule has 1 aromatic rings. The van der Waals surface area contributed by atoms with Gasteiger partial charge < -0.3 is 5.32 Å². The standard InChI is InChI=1S/C15H20N2O/c1-11(2)10-17-15(18)8-14(9-16)13-6-4-12(3)5-7-13/h4-7,11,14H,8,10H2,1-3H3,(H,17,18). The van der Waals surface area contributed by atoms with E-state index in [-0.39, 0.29) is 18.2 Å². The smallest absolute Gasteiger partial charge is 0.221 e. The average molecular weight is 244 g/mol. The highest BCUT2D eigenvalue weighted by atomic mass is 16.1. The topological polar surface area (TPSA) is 52.9 Å². The monoisotopic (exact) mass is 244 g/mol. The summed E-state index contributed by atoms with van der Waals surface area (Å²) in [6, 6.07) is 9.95. The normalized spacial score (nSPS) is 11.9. The molecule has 0 aliphatic carbocycles. The van der Waals surface area contributed by atoms with Crippen LogP contribution >= 0.6 is 0 Å². The van der Waals surface area contributed by atoms with E-state index in [1.165, 1.54) is 0 Å². The van der Waals surface area contributed by atoms with Crippen molar-refractivity contribution in [1.82, 2.24) is 5.32 Å². The molecule has 1 rings (SSSR count). The molecule has 96 valence electrons. The molecule has 1 N–H and O–H groups in total. The molecule has 0 aliphatic heterocycles. The molecule has 0 saturated carbocycles. The fourth-order valence-electron chi connectivity index (χ4n) is 1.61. The van der Waals surface area contributed by atoms with Crippen molar-refractivity contribution < 1.29 is 4.79 Å². The maximum Gasteiger partial charge on any atom is 0.221 e. The van der Waals surface area contributed by atoms with Gasteiger partial charge in [0.05, 0.1) is 12.0 Å². The first kappa shape index (κ1) is 14.2. The first-order valence-corrected chi connectivity index (χ1v) is 6.25. The lowest BCUT2D eigenvalue weighted by Crippen LogP contribution is -2.28. The van der Waals surface area contributed by atoms with Gasteiger partial charge in [-0.2, -0.15) is 5.26 Å². The lowest BCUT2D eigenvalue weighted by molar-refractivity contribution is -0.121. The van der Waals surface area contributed by atoms with Crippen molar-refractivity contribution in [2.75, 3.05) is 6.54 Å². The highest BCUT2D eigenvalue weighted by Crippen LogP contribution is 2.19. The highest BCUT2D eigenvalue weighted by molar-refractivity contribution is 5.77. The largest absolute Gasteiger partial charge is 0.356 e. The number of amides is 1. The molecule has 3 nitrogen and oxygen atoms in total. The third-order valence-corrected chi connectivity index (χ3v) is 2.73. The molecule has 0 aliphatic rings.